The van der Waals surface area contributed by atoms with E-state index in [9.17, 15) is 0 Å². The molecule has 88 valence electrons. The third-order valence-corrected chi connectivity index (χ3v) is 6.07. The second-order valence-electron chi connectivity index (χ2n) is 6.67. The number of alkyl halides is 1. The van der Waals surface area contributed by atoms with Crippen molar-refractivity contribution in [1.29, 1.82) is 0 Å². The molecule has 0 aromatic rings. The van der Waals surface area contributed by atoms with Crippen molar-refractivity contribution in [3.8, 4) is 0 Å². The summed E-state index contributed by atoms with van der Waals surface area (Å²) in [5.74, 6) is 3.51. The first kappa shape index (κ1) is 11.8. The second-order valence-corrected chi connectivity index (χ2v) is 6.97. The van der Waals surface area contributed by atoms with E-state index >= 15 is 0 Å². The van der Waals surface area contributed by atoms with Crippen LogP contribution >= 0.6 is 11.6 Å². The van der Waals surface area contributed by atoms with Crippen molar-refractivity contribution in [1.82, 2.24) is 0 Å². The van der Waals surface area contributed by atoms with Crippen LogP contribution < -0.4 is 0 Å². The van der Waals surface area contributed by atoms with Crippen molar-refractivity contribution in [3.63, 3.8) is 0 Å². The molecule has 0 N–H and O–H groups in total. The standard InChI is InChI=1S/C14H25Cl/c1-10(2)11-5-7-14(8-6-11)12(9-15)13(14,3)4/h10-12H,5-9H2,1-4H3. The third-order valence-electron chi connectivity index (χ3n) is 5.76. The van der Waals surface area contributed by atoms with Crippen LogP contribution in [0.5, 0.6) is 0 Å². The summed E-state index contributed by atoms with van der Waals surface area (Å²) in [5.41, 5.74) is 1.15. The fraction of sp³-hybridized carbons (Fsp3) is 1.00. The molecule has 0 radical (unpaired) electrons. The van der Waals surface area contributed by atoms with E-state index in [1.165, 1.54) is 25.7 Å². The summed E-state index contributed by atoms with van der Waals surface area (Å²) in [4.78, 5) is 0. The first-order valence-electron chi connectivity index (χ1n) is 6.51. The minimum absolute atomic E-state index is 0.525. The van der Waals surface area contributed by atoms with Crippen LogP contribution in [0.1, 0.15) is 53.4 Å². The minimum Gasteiger partial charge on any atom is -0.126 e. The number of hydrogen-bond donors (Lipinski definition) is 0. The first-order valence-corrected chi connectivity index (χ1v) is 7.05. The molecule has 15 heavy (non-hydrogen) atoms. The van der Waals surface area contributed by atoms with Gasteiger partial charge in [-0.15, -0.1) is 11.6 Å². The lowest BCUT2D eigenvalue weighted by Gasteiger charge is -2.33. The van der Waals surface area contributed by atoms with Gasteiger partial charge in [0.25, 0.3) is 0 Å². The summed E-state index contributed by atoms with van der Waals surface area (Å²) in [6.07, 6.45) is 5.74. The Morgan fingerprint density at radius 1 is 1.20 bits per heavy atom. The van der Waals surface area contributed by atoms with Gasteiger partial charge < -0.3 is 0 Å². The lowest BCUT2D eigenvalue weighted by atomic mass is 9.72. The maximum atomic E-state index is 6.11. The maximum Gasteiger partial charge on any atom is 0.0262 e. The van der Waals surface area contributed by atoms with Gasteiger partial charge in [-0.2, -0.15) is 0 Å². The summed E-state index contributed by atoms with van der Waals surface area (Å²) in [6, 6.07) is 0. The Morgan fingerprint density at radius 3 is 2.07 bits per heavy atom. The summed E-state index contributed by atoms with van der Waals surface area (Å²) < 4.78 is 0. The van der Waals surface area contributed by atoms with Crippen LogP contribution in [0.15, 0.2) is 0 Å². The molecule has 2 fully saturated rings. The van der Waals surface area contributed by atoms with Crippen molar-refractivity contribution in [2.45, 2.75) is 53.4 Å². The van der Waals surface area contributed by atoms with Crippen LogP contribution in [0, 0.1) is 28.6 Å². The number of hydrogen-bond acceptors (Lipinski definition) is 0. The van der Waals surface area contributed by atoms with Crippen LogP contribution in [0.4, 0.5) is 0 Å². The van der Waals surface area contributed by atoms with Gasteiger partial charge in [-0.25, -0.2) is 0 Å². The Labute approximate surface area is 99.8 Å². The van der Waals surface area contributed by atoms with Crippen LogP contribution in [0.25, 0.3) is 0 Å². The van der Waals surface area contributed by atoms with Crippen molar-refractivity contribution in [2.24, 2.45) is 28.6 Å². The van der Waals surface area contributed by atoms with Crippen molar-refractivity contribution in [2.75, 3.05) is 5.88 Å². The molecule has 2 rings (SSSR count). The van der Waals surface area contributed by atoms with Gasteiger partial charge in [-0.3, -0.25) is 0 Å². The SMILES string of the molecule is CC(C)C1CCC2(CC1)C(CCl)C2(C)C. The molecular formula is C14H25Cl. The van der Waals surface area contributed by atoms with E-state index in [0.29, 0.717) is 10.8 Å². The molecule has 2 aliphatic rings. The van der Waals surface area contributed by atoms with E-state index in [0.717, 1.165) is 23.6 Å². The number of halogens is 1. The van der Waals surface area contributed by atoms with Gasteiger partial charge >= 0.3 is 0 Å². The molecule has 0 heterocycles. The smallest absolute Gasteiger partial charge is 0.0262 e. The molecule has 0 aromatic carbocycles. The van der Waals surface area contributed by atoms with Crippen LogP contribution in [0.3, 0.4) is 0 Å². The second kappa shape index (κ2) is 3.65. The van der Waals surface area contributed by atoms with E-state index in [1.54, 1.807) is 0 Å². The lowest BCUT2D eigenvalue weighted by molar-refractivity contribution is 0.176. The van der Waals surface area contributed by atoms with Crippen LogP contribution in [-0.2, 0) is 0 Å². The minimum atomic E-state index is 0.525. The van der Waals surface area contributed by atoms with Gasteiger partial charge in [0.05, 0.1) is 0 Å². The summed E-state index contributed by atoms with van der Waals surface area (Å²) in [7, 11) is 0. The molecule has 0 amide bonds. The maximum absolute atomic E-state index is 6.11. The highest BCUT2D eigenvalue weighted by Crippen LogP contribution is 2.75. The molecule has 2 saturated carbocycles. The van der Waals surface area contributed by atoms with Crippen LogP contribution in [0.2, 0.25) is 0 Å². The molecule has 0 aliphatic heterocycles. The predicted molar refractivity (Wildman–Crippen MR) is 67.2 cm³/mol. The Hall–Kier alpha value is 0.290. The fourth-order valence-corrected chi connectivity index (χ4v) is 4.90. The van der Waals surface area contributed by atoms with Gasteiger partial charge in [0.15, 0.2) is 0 Å². The predicted octanol–water partition coefficient (Wildman–Crippen LogP) is 4.71. The largest absolute Gasteiger partial charge is 0.126 e. The zero-order chi connectivity index (χ0) is 11.3. The first-order chi connectivity index (χ1) is 6.95. The van der Waals surface area contributed by atoms with Crippen LogP contribution in [-0.4, -0.2) is 5.88 Å². The summed E-state index contributed by atoms with van der Waals surface area (Å²) >= 11 is 6.11. The summed E-state index contributed by atoms with van der Waals surface area (Å²) in [5, 5.41) is 0. The molecule has 1 atom stereocenters. The van der Waals surface area contributed by atoms with E-state index in [1.807, 2.05) is 0 Å². The lowest BCUT2D eigenvalue weighted by Crippen LogP contribution is -2.23. The zero-order valence-corrected chi connectivity index (χ0v) is 11.4. The molecular weight excluding hydrogens is 204 g/mol. The molecule has 0 nitrogen and oxygen atoms in total. The van der Waals surface area contributed by atoms with E-state index < -0.39 is 0 Å². The number of rotatable bonds is 2. The Balaban J connectivity index is 2.00. The van der Waals surface area contributed by atoms with Gasteiger partial charge in [0, 0.05) is 5.88 Å². The Morgan fingerprint density at radius 2 is 1.73 bits per heavy atom. The van der Waals surface area contributed by atoms with Crippen molar-refractivity contribution >= 4 is 11.6 Å². The highest BCUT2D eigenvalue weighted by atomic mass is 35.5. The Kier molecular flexibility index (Phi) is 2.86. The van der Waals surface area contributed by atoms with Gasteiger partial charge in [-0.05, 0) is 54.3 Å². The normalized spacial score (nSPS) is 43.6. The molecule has 1 heteroatoms. The highest BCUT2D eigenvalue weighted by Gasteiger charge is 2.69. The summed E-state index contributed by atoms with van der Waals surface area (Å²) in [6.45, 7) is 9.60. The Bertz CT molecular complexity index is 234. The molecule has 0 bridgehead atoms. The van der Waals surface area contributed by atoms with Gasteiger partial charge in [-0.1, -0.05) is 27.7 Å². The topological polar surface area (TPSA) is 0 Å². The van der Waals surface area contributed by atoms with E-state index in [2.05, 4.69) is 27.7 Å². The fourth-order valence-electron chi connectivity index (χ4n) is 4.22. The quantitative estimate of drug-likeness (QED) is 0.601. The third kappa shape index (κ3) is 1.55. The molecule has 1 spiro atoms. The molecule has 0 aromatic heterocycles. The van der Waals surface area contributed by atoms with Gasteiger partial charge in [0.2, 0.25) is 0 Å². The van der Waals surface area contributed by atoms with Crippen molar-refractivity contribution < 1.29 is 0 Å². The average Bonchev–Trinajstić information content (AvgIpc) is 2.62. The van der Waals surface area contributed by atoms with E-state index in [4.69, 9.17) is 11.6 Å². The molecule has 0 saturated heterocycles. The zero-order valence-electron chi connectivity index (χ0n) is 10.6. The molecule has 2 aliphatic carbocycles. The van der Waals surface area contributed by atoms with E-state index in [-0.39, 0.29) is 0 Å². The average molecular weight is 229 g/mol. The van der Waals surface area contributed by atoms with Gasteiger partial charge in [0.1, 0.15) is 0 Å². The highest BCUT2D eigenvalue weighted by molar-refractivity contribution is 6.18. The monoisotopic (exact) mass is 228 g/mol. The van der Waals surface area contributed by atoms with Crippen molar-refractivity contribution in [3.05, 3.63) is 0 Å². The molecule has 1 unspecified atom stereocenters.